The molecule has 36 heavy (non-hydrogen) atoms. The maximum atomic E-state index is 12.8. The predicted molar refractivity (Wildman–Crippen MR) is 142 cm³/mol. The smallest absolute Gasteiger partial charge is 0.231 e. The zero-order chi connectivity index (χ0) is 25.4. The Morgan fingerprint density at radius 1 is 1.28 bits per heavy atom. The summed E-state index contributed by atoms with van der Waals surface area (Å²) in [5.74, 6) is 2.38. The third kappa shape index (κ3) is 5.41. The largest absolute Gasteiger partial charge is 0.454 e. The van der Waals surface area contributed by atoms with Crippen LogP contribution in [-0.4, -0.2) is 38.3 Å². The van der Waals surface area contributed by atoms with Crippen molar-refractivity contribution < 1.29 is 14.3 Å². The van der Waals surface area contributed by atoms with Crippen molar-refractivity contribution in [1.82, 2.24) is 24.8 Å². The summed E-state index contributed by atoms with van der Waals surface area (Å²) in [5, 5.41) is 4.08. The van der Waals surface area contributed by atoms with Crippen LogP contribution in [0.25, 0.3) is 11.2 Å². The number of aromatic nitrogens is 4. The molecule has 11 heteroatoms. The quantitative estimate of drug-likeness (QED) is 0.378. The molecule has 1 unspecified atom stereocenters. The number of imidazole rings is 1. The van der Waals surface area contributed by atoms with Gasteiger partial charge in [0.1, 0.15) is 6.33 Å². The van der Waals surface area contributed by atoms with Crippen molar-refractivity contribution in [2.75, 3.05) is 12.5 Å². The number of anilines is 1. The lowest BCUT2D eigenvalue weighted by atomic mass is 9.78. The minimum absolute atomic E-state index is 0.0505. The summed E-state index contributed by atoms with van der Waals surface area (Å²) in [6, 6.07) is 3.96. The normalized spacial score (nSPS) is 16.2. The number of nitrogens with zero attached hydrogens (tertiary/aromatic N) is 4. The van der Waals surface area contributed by atoms with Crippen molar-refractivity contribution >= 4 is 50.6 Å². The van der Waals surface area contributed by atoms with Crippen LogP contribution in [0.4, 0.5) is 5.82 Å². The van der Waals surface area contributed by atoms with Gasteiger partial charge in [-0.15, -0.1) is 0 Å². The Hall–Kier alpha value is -2.53. The Kier molecular flexibility index (Phi) is 7.04. The molecule has 1 atom stereocenters. The number of hydrogen-bond donors (Lipinski definition) is 2. The van der Waals surface area contributed by atoms with Gasteiger partial charge in [0.05, 0.1) is 0 Å². The third-order valence-corrected chi connectivity index (χ3v) is 8.54. The first-order valence-corrected chi connectivity index (χ1v) is 13.8. The Balaban J connectivity index is 1.41. The molecule has 0 spiro atoms. The number of aryl methyl sites for hydroxylation is 1. The van der Waals surface area contributed by atoms with Crippen molar-refractivity contribution in [3.8, 4) is 11.5 Å². The fourth-order valence-electron chi connectivity index (χ4n) is 4.56. The van der Waals surface area contributed by atoms with Gasteiger partial charge in [0, 0.05) is 28.4 Å². The van der Waals surface area contributed by atoms with E-state index in [1.54, 1.807) is 0 Å². The van der Waals surface area contributed by atoms with E-state index < -0.39 is 0 Å². The summed E-state index contributed by atoms with van der Waals surface area (Å²) in [7, 11) is 0. The number of nitrogens with two attached hydrogens (primary N) is 1. The molecule has 3 aromatic rings. The first kappa shape index (κ1) is 25.1. The van der Waals surface area contributed by atoms with E-state index in [4.69, 9.17) is 20.2 Å². The van der Waals surface area contributed by atoms with Crippen LogP contribution in [0.5, 0.6) is 11.5 Å². The van der Waals surface area contributed by atoms with Gasteiger partial charge >= 0.3 is 0 Å². The molecule has 0 bridgehead atoms. The SMILES string of the molecule is CC(C)(C)CC(=O)NC(CCn1c(Sc2cc3c(cc2Br)OCO3)nc2c(N)ncnc21)C1CCC1. The molecule has 0 saturated heterocycles. The van der Waals surface area contributed by atoms with Gasteiger partial charge in [-0.2, -0.15) is 0 Å². The molecule has 9 nitrogen and oxygen atoms in total. The highest BCUT2D eigenvalue weighted by Crippen LogP contribution is 2.43. The van der Waals surface area contributed by atoms with Crippen LogP contribution in [0.15, 0.2) is 33.0 Å². The van der Waals surface area contributed by atoms with Gasteiger partial charge in [-0.25, -0.2) is 15.0 Å². The van der Waals surface area contributed by atoms with E-state index in [0.717, 1.165) is 33.8 Å². The molecule has 1 fully saturated rings. The maximum absolute atomic E-state index is 12.8. The van der Waals surface area contributed by atoms with E-state index >= 15 is 0 Å². The number of amides is 1. The average Bonchev–Trinajstić information content (AvgIpc) is 3.34. The number of nitrogens with one attached hydrogen (secondary N) is 1. The van der Waals surface area contributed by atoms with Gasteiger partial charge in [0.2, 0.25) is 12.7 Å². The zero-order valence-electron chi connectivity index (χ0n) is 20.7. The lowest BCUT2D eigenvalue weighted by Gasteiger charge is -2.35. The molecule has 3 N–H and O–H groups in total. The molecule has 5 rings (SSSR count). The van der Waals surface area contributed by atoms with Gasteiger partial charge in [-0.05, 0) is 58.7 Å². The first-order valence-electron chi connectivity index (χ1n) is 12.2. The Morgan fingerprint density at radius 2 is 2.03 bits per heavy atom. The zero-order valence-corrected chi connectivity index (χ0v) is 23.1. The van der Waals surface area contributed by atoms with Gasteiger partial charge < -0.3 is 25.1 Å². The summed E-state index contributed by atoms with van der Waals surface area (Å²) >= 11 is 5.15. The highest BCUT2D eigenvalue weighted by Gasteiger charge is 2.30. The summed E-state index contributed by atoms with van der Waals surface area (Å²) in [5.41, 5.74) is 7.37. The van der Waals surface area contributed by atoms with Gasteiger partial charge in [0.15, 0.2) is 33.6 Å². The Bertz CT molecular complexity index is 1290. The second-order valence-corrected chi connectivity index (χ2v) is 12.5. The fourth-order valence-corrected chi connectivity index (χ4v) is 6.07. The van der Waals surface area contributed by atoms with Crippen LogP contribution in [0.2, 0.25) is 0 Å². The lowest BCUT2D eigenvalue weighted by Crippen LogP contribution is -2.44. The van der Waals surface area contributed by atoms with E-state index in [-0.39, 0.29) is 24.2 Å². The number of carbonyl (C=O) groups excluding carboxylic acids is 1. The van der Waals surface area contributed by atoms with Crippen LogP contribution >= 0.6 is 27.7 Å². The van der Waals surface area contributed by atoms with Crippen molar-refractivity contribution in [3.63, 3.8) is 0 Å². The van der Waals surface area contributed by atoms with Crippen LogP contribution in [-0.2, 0) is 11.3 Å². The maximum Gasteiger partial charge on any atom is 0.231 e. The summed E-state index contributed by atoms with van der Waals surface area (Å²) < 4.78 is 14.0. The number of nitrogen functional groups attached to an aromatic ring is 1. The molecule has 1 amide bonds. The van der Waals surface area contributed by atoms with E-state index in [1.165, 1.54) is 24.5 Å². The molecule has 1 aliphatic heterocycles. The summed E-state index contributed by atoms with van der Waals surface area (Å²) in [6.07, 6.45) is 6.26. The molecule has 0 radical (unpaired) electrons. The van der Waals surface area contributed by atoms with E-state index in [1.807, 2.05) is 12.1 Å². The van der Waals surface area contributed by atoms with Crippen molar-refractivity contribution in [3.05, 3.63) is 22.9 Å². The van der Waals surface area contributed by atoms with E-state index in [2.05, 4.69) is 56.6 Å². The average molecular weight is 576 g/mol. The molecule has 1 saturated carbocycles. The molecular formula is C25H31BrN6O3S. The molecule has 1 aromatic carbocycles. The van der Waals surface area contributed by atoms with Crippen LogP contribution < -0.4 is 20.5 Å². The number of halogens is 1. The fraction of sp³-hybridized carbons (Fsp3) is 0.520. The highest BCUT2D eigenvalue weighted by atomic mass is 79.9. The number of carbonyl (C=O) groups is 1. The standard InChI is InChI=1S/C25H31BrN6O3S/c1-25(2,3)11-20(33)30-16(14-5-4-6-14)7-8-32-23-21(22(27)28-12-29-23)31-24(32)36-19-10-18-17(9-15(19)26)34-13-35-18/h9-10,12,14,16H,4-8,11,13H2,1-3H3,(H,30,33)(H2,27,28,29). The molecule has 1 aliphatic carbocycles. The van der Waals surface area contributed by atoms with E-state index in [0.29, 0.717) is 47.4 Å². The predicted octanol–water partition coefficient (Wildman–Crippen LogP) is 5.16. The number of ether oxygens (including phenoxy) is 2. The molecule has 2 aliphatic rings. The topological polar surface area (TPSA) is 117 Å². The summed E-state index contributed by atoms with van der Waals surface area (Å²) in [6.45, 7) is 7.12. The Labute approximate surface area is 223 Å². The molecule has 192 valence electrons. The van der Waals surface area contributed by atoms with Crippen molar-refractivity contribution in [1.29, 1.82) is 0 Å². The van der Waals surface area contributed by atoms with Crippen molar-refractivity contribution in [2.45, 2.75) is 75.5 Å². The minimum atomic E-state index is -0.0505. The molecule has 2 aromatic heterocycles. The minimum Gasteiger partial charge on any atom is -0.454 e. The highest BCUT2D eigenvalue weighted by molar-refractivity contribution is 9.10. The number of rotatable bonds is 8. The van der Waals surface area contributed by atoms with Gasteiger partial charge in [-0.3, -0.25) is 4.79 Å². The number of hydrogen-bond acceptors (Lipinski definition) is 8. The van der Waals surface area contributed by atoms with Crippen LogP contribution in [0.1, 0.15) is 52.9 Å². The Morgan fingerprint density at radius 3 is 2.72 bits per heavy atom. The lowest BCUT2D eigenvalue weighted by molar-refractivity contribution is -0.124. The second-order valence-electron chi connectivity index (χ2n) is 10.6. The van der Waals surface area contributed by atoms with Gasteiger partial charge in [-0.1, -0.05) is 39.0 Å². The first-order chi connectivity index (χ1) is 17.2. The van der Waals surface area contributed by atoms with Crippen LogP contribution in [0.3, 0.4) is 0 Å². The number of benzene rings is 1. The van der Waals surface area contributed by atoms with Crippen LogP contribution in [0, 0.1) is 11.3 Å². The second kappa shape index (κ2) is 10.1. The monoisotopic (exact) mass is 574 g/mol. The molecular weight excluding hydrogens is 544 g/mol. The van der Waals surface area contributed by atoms with E-state index in [9.17, 15) is 4.79 Å². The van der Waals surface area contributed by atoms with Crippen molar-refractivity contribution in [2.24, 2.45) is 11.3 Å². The molecule has 3 heterocycles. The summed E-state index contributed by atoms with van der Waals surface area (Å²) in [4.78, 5) is 27.2. The third-order valence-electron chi connectivity index (χ3n) is 6.57. The van der Waals surface area contributed by atoms with Gasteiger partial charge in [0.25, 0.3) is 0 Å². The number of fused-ring (bicyclic) bond motifs is 2.